The van der Waals surface area contributed by atoms with Gasteiger partial charge in [0.1, 0.15) is 0 Å². The van der Waals surface area contributed by atoms with E-state index in [9.17, 15) is 5.26 Å². The topological polar surface area (TPSA) is 39.6 Å². The van der Waals surface area contributed by atoms with Gasteiger partial charge >= 0.3 is 0 Å². The van der Waals surface area contributed by atoms with E-state index < -0.39 is 0 Å². The van der Waals surface area contributed by atoms with Crippen molar-refractivity contribution in [3.8, 4) is 6.07 Å². The van der Waals surface area contributed by atoms with Crippen LogP contribution < -0.4 is 0 Å². The fourth-order valence-corrected chi connectivity index (χ4v) is 3.20. The molecule has 2 nitrogen and oxygen atoms in total. The minimum absolute atomic E-state index is 0.0763. The summed E-state index contributed by atoms with van der Waals surface area (Å²) in [6, 6.07) is 22.7. The lowest BCUT2D eigenvalue weighted by atomic mass is 10.0. The summed E-state index contributed by atoms with van der Waals surface area (Å²) >= 11 is 1.70. The zero-order valence-corrected chi connectivity index (χ0v) is 11.7. The highest BCUT2D eigenvalue weighted by Gasteiger charge is 2.11. The Balaban J connectivity index is 1.73. The molecule has 1 aromatic heterocycles. The lowest BCUT2D eigenvalue weighted by molar-refractivity contribution is 0.994. The van der Waals surface area contributed by atoms with Crippen molar-refractivity contribution in [2.45, 2.75) is 10.9 Å². The predicted octanol–water partition coefficient (Wildman–Crippen LogP) is 4.57. The minimum Gasteiger partial charge on any atom is -0.350 e. The summed E-state index contributed by atoms with van der Waals surface area (Å²) in [6.07, 6.45) is 0. The molecule has 0 aliphatic heterocycles. The van der Waals surface area contributed by atoms with Gasteiger partial charge in [-0.15, -0.1) is 11.8 Å². The average molecular weight is 278 g/mol. The molecular formula is C17H14N2S. The molecular weight excluding hydrogens is 264 g/mol. The Hall–Kier alpha value is -2.18. The summed E-state index contributed by atoms with van der Waals surface area (Å²) in [5, 5.41) is 11.6. The minimum atomic E-state index is -0.0763. The first-order chi connectivity index (χ1) is 9.86. The second-order valence-electron chi connectivity index (χ2n) is 4.62. The zero-order valence-electron chi connectivity index (χ0n) is 10.9. The van der Waals surface area contributed by atoms with Crippen LogP contribution >= 0.6 is 11.8 Å². The van der Waals surface area contributed by atoms with E-state index in [-0.39, 0.29) is 5.92 Å². The Morgan fingerprint density at radius 1 is 1.05 bits per heavy atom. The third-order valence-electron chi connectivity index (χ3n) is 3.27. The SMILES string of the molecule is N#CC(CSc1cc2ccccc2[nH]1)c1ccccc1. The number of para-hydroxylation sites is 1. The van der Waals surface area contributed by atoms with Crippen molar-refractivity contribution in [3.05, 3.63) is 66.2 Å². The summed E-state index contributed by atoms with van der Waals surface area (Å²) in [6.45, 7) is 0. The number of fused-ring (bicyclic) bond motifs is 1. The number of rotatable bonds is 4. The summed E-state index contributed by atoms with van der Waals surface area (Å²) in [5.41, 5.74) is 2.22. The van der Waals surface area contributed by atoms with Crippen LogP contribution in [-0.2, 0) is 0 Å². The number of hydrogen-bond donors (Lipinski definition) is 1. The third kappa shape index (κ3) is 2.71. The molecule has 20 heavy (non-hydrogen) atoms. The van der Waals surface area contributed by atoms with Crippen LogP contribution in [0.5, 0.6) is 0 Å². The standard InChI is InChI=1S/C17H14N2S/c18-11-15(13-6-2-1-3-7-13)12-20-17-10-14-8-4-5-9-16(14)19-17/h1-10,15,19H,12H2. The van der Waals surface area contributed by atoms with Crippen molar-refractivity contribution in [1.29, 1.82) is 5.26 Å². The first kappa shape index (κ1) is 12.8. The molecule has 0 radical (unpaired) electrons. The molecule has 1 unspecified atom stereocenters. The van der Waals surface area contributed by atoms with Crippen molar-refractivity contribution < 1.29 is 0 Å². The number of aromatic amines is 1. The molecule has 0 saturated heterocycles. The number of thioether (sulfide) groups is 1. The maximum absolute atomic E-state index is 9.32. The zero-order chi connectivity index (χ0) is 13.8. The number of nitrogens with zero attached hydrogens (tertiary/aromatic N) is 1. The summed E-state index contributed by atoms with van der Waals surface area (Å²) in [5.74, 6) is 0.681. The van der Waals surface area contributed by atoms with Gasteiger partial charge in [-0.05, 0) is 17.7 Å². The quantitative estimate of drug-likeness (QED) is 0.710. The van der Waals surface area contributed by atoms with Crippen molar-refractivity contribution in [1.82, 2.24) is 4.98 Å². The van der Waals surface area contributed by atoms with E-state index in [1.54, 1.807) is 11.8 Å². The lowest BCUT2D eigenvalue weighted by Gasteiger charge is -2.07. The fourth-order valence-electron chi connectivity index (χ4n) is 2.19. The fraction of sp³-hybridized carbons (Fsp3) is 0.118. The van der Waals surface area contributed by atoms with Crippen LogP contribution in [0, 0.1) is 11.3 Å². The molecule has 1 heterocycles. The molecule has 3 heteroatoms. The molecule has 0 amide bonds. The number of aromatic nitrogens is 1. The average Bonchev–Trinajstić information content (AvgIpc) is 2.92. The molecule has 3 aromatic rings. The Bertz CT molecular complexity index is 707. The van der Waals surface area contributed by atoms with Gasteiger partial charge < -0.3 is 4.98 Å². The molecule has 2 aromatic carbocycles. The van der Waals surface area contributed by atoms with Gasteiger partial charge in [0.05, 0.1) is 17.0 Å². The molecule has 3 rings (SSSR count). The van der Waals surface area contributed by atoms with Crippen molar-refractivity contribution in [2.75, 3.05) is 5.75 Å². The summed E-state index contributed by atoms with van der Waals surface area (Å²) in [7, 11) is 0. The first-order valence-electron chi connectivity index (χ1n) is 6.52. The van der Waals surface area contributed by atoms with Gasteiger partial charge in [0.2, 0.25) is 0 Å². The molecule has 0 aliphatic rings. The van der Waals surface area contributed by atoms with Crippen LogP contribution in [0.3, 0.4) is 0 Å². The van der Waals surface area contributed by atoms with Gasteiger partial charge in [0.15, 0.2) is 0 Å². The first-order valence-corrected chi connectivity index (χ1v) is 7.50. The molecule has 1 N–H and O–H groups in total. The van der Waals surface area contributed by atoms with Crippen molar-refractivity contribution in [2.24, 2.45) is 0 Å². The largest absolute Gasteiger partial charge is 0.350 e. The maximum Gasteiger partial charge on any atom is 0.0807 e. The third-order valence-corrected chi connectivity index (χ3v) is 4.30. The monoisotopic (exact) mass is 278 g/mol. The molecule has 1 atom stereocenters. The number of nitrogens with one attached hydrogen (secondary N) is 1. The van der Waals surface area contributed by atoms with Gasteiger partial charge in [0, 0.05) is 16.7 Å². The van der Waals surface area contributed by atoms with Crippen LogP contribution in [-0.4, -0.2) is 10.7 Å². The molecule has 0 saturated carbocycles. The molecule has 0 aliphatic carbocycles. The highest BCUT2D eigenvalue weighted by Crippen LogP contribution is 2.28. The smallest absolute Gasteiger partial charge is 0.0807 e. The van der Waals surface area contributed by atoms with Crippen LogP contribution in [0.25, 0.3) is 10.9 Å². The van der Waals surface area contributed by atoms with E-state index in [1.165, 1.54) is 5.39 Å². The van der Waals surface area contributed by atoms with Gasteiger partial charge in [-0.25, -0.2) is 0 Å². The normalized spacial score (nSPS) is 12.2. The molecule has 98 valence electrons. The highest BCUT2D eigenvalue weighted by atomic mass is 32.2. The number of nitriles is 1. The maximum atomic E-state index is 9.32. The molecule has 0 spiro atoms. The van der Waals surface area contributed by atoms with Crippen molar-refractivity contribution >= 4 is 22.7 Å². The van der Waals surface area contributed by atoms with Crippen LogP contribution in [0.2, 0.25) is 0 Å². The van der Waals surface area contributed by atoms with Gasteiger partial charge in [-0.2, -0.15) is 5.26 Å². The van der Waals surface area contributed by atoms with Crippen molar-refractivity contribution in [3.63, 3.8) is 0 Å². The summed E-state index contributed by atoms with van der Waals surface area (Å²) < 4.78 is 0. The number of H-pyrrole nitrogens is 1. The number of hydrogen-bond acceptors (Lipinski definition) is 2. The van der Waals surface area contributed by atoms with Gasteiger partial charge in [0.25, 0.3) is 0 Å². The molecule has 0 bridgehead atoms. The van der Waals surface area contributed by atoms with E-state index in [4.69, 9.17) is 0 Å². The highest BCUT2D eigenvalue weighted by molar-refractivity contribution is 7.99. The summed E-state index contributed by atoms with van der Waals surface area (Å²) in [4.78, 5) is 3.38. The van der Waals surface area contributed by atoms with Crippen LogP contribution in [0.15, 0.2) is 65.7 Å². The van der Waals surface area contributed by atoms with Gasteiger partial charge in [-0.3, -0.25) is 0 Å². The second-order valence-corrected chi connectivity index (χ2v) is 5.69. The van der Waals surface area contributed by atoms with Crippen LogP contribution in [0.4, 0.5) is 0 Å². The van der Waals surface area contributed by atoms with Gasteiger partial charge in [-0.1, -0.05) is 48.5 Å². The number of benzene rings is 2. The van der Waals surface area contributed by atoms with E-state index >= 15 is 0 Å². The van der Waals surface area contributed by atoms with E-state index in [2.05, 4.69) is 29.3 Å². The van der Waals surface area contributed by atoms with E-state index in [1.807, 2.05) is 42.5 Å². The van der Waals surface area contributed by atoms with E-state index in [0.29, 0.717) is 0 Å². The predicted molar refractivity (Wildman–Crippen MR) is 83.8 cm³/mol. The van der Waals surface area contributed by atoms with E-state index in [0.717, 1.165) is 21.9 Å². The Morgan fingerprint density at radius 2 is 1.80 bits per heavy atom. The second kappa shape index (κ2) is 5.85. The Kier molecular flexibility index (Phi) is 3.76. The lowest BCUT2D eigenvalue weighted by Crippen LogP contribution is -1.98. The van der Waals surface area contributed by atoms with Crippen LogP contribution in [0.1, 0.15) is 11.5 Å². The Labute approximate surface area is 122 Å². The Morgan fingerprint density at radius 3 is 2.55 bits per heavy atom. The molecule has 0 fully saturated rings.